The maximum absolute atomic E-state index is 11.2. The smallest absolute Gasteiger partial charge is 0.308 e. The number of rotatable bonds is 1. The molecule has 0 aromatic rings. The van der Waals surface area contributed by atoms with Crippen molar-refractivity contribution < 1.29 is 9.53 Å². The average molecular weight is 171 g/mol. The number of carbonyl (C=O) groups excluding carboxylic acids is 1. The monoisotopic (exact) mass is 171 g/mol. The Hall–Kier alpha value is -0.570. The van der Waals surface area contributed by atoms with Crippen molar-refractivity contribution in [3.63, 3.8) is 0 Å². The highest BCUT2D eigenvalue weighted by atomic mass is 16.5. The van der Waals surface area contributed by atoms with Crippen LogP contribution in [0.25, 0.3) is 0 Å². The Labute approximate surface area is 73.5 Å². The second kappa shape index (κ2) is 4.45. The number of nitrogens with one attached hydrogen (secondary N) is 1. The molecule has 0 aromatic heterocycles. The molecule has 12 heavy (non-hydrogen) atoms. The standard InChI is InChI=1S/C9H17NO2/c1-7-5-8(9(11)12-2)3-4-10-6-7/h7-8,10H,3-6H2,1-2H3. The molecule has 0 spiro atoms. The summed E-state index contributed by atoms with van der Waals surface area (Å²) in [6.45, 7) is 4.12. The minimum absolute atomic E-state index is 0.0504. The van der Waals surface area contributed by atoms with Crippen LogP contribution in [0.15, 0.2) is 0 Å². The van der Waals surface area contributed by atoms with Crippen LogP contribution in [0.2, 0.25) is 0 Å². The van der Waals surface area contributed by atoms with Gasteiger partial charge in [0.25, 0.3) is 0 Å². The van der Waals surface area contributed by atoms with Crippen molar-refractivity contribution in [1.82, 2.24) is 5.32 Å². The Morgan fingerprint density at radius 3 is 3.00 bits per heavy atom. The Morgan fingerprint density at radius 1 is 1.58 bits per heavy atom. The van der Waals surface area contributed by atoms with Gasteiger partial charge in [0.2, 0.25) is 0 Å². The Kier molecular flexibility index (Phi) is 3.53. The van der Waals surface area contributed by atoms with Gasteiger partial charge in [0.05, 0.1) is 13.0 Å². The summed E-state index contributed by atoms with van der Waals surface area (Å²) in [5, 5.41) is 3.30. The lowest BCUT2D eigenvalue weighted by atomic mass is 9.95. The van der Waals surface area contributed by atoms with Crippen molar-refractivity contribution in [2.45, 2.75) is 19.8 Å². The van der Waals surface area contributed by atoms with Crippen molar-refractivity contribution >= 4 is 5.97 Å². The Morgan fingerprint density at radius 2 is 2.33 bits per heavy atom. The summed E-state index contributed by atoms with van der Waals surface area (Å²) in [5.41, 5.74) is 0. The van der Waals surface area contributed by atoms with Gasteiger partial charge in [-0.05, 0) is 31.8 Å². The maximum Gasteiger partial charge on any atom is 0.308 e. The molecule has 1 N–H and O–H groups in total. The quantitative estimate of drug-likeness (QED) is 0.593. The van der Waals surface area contributed by atoms with Gasteiger partial charge in [-0.15, -0.1) is 0 Å². The molecule has 1 aliphatic rings. The summed E-state index contributed by atoms with van der Waals surface area (Å²) in [7, 11) is 1.46. The fourth-order valence-electron chi connectivity index (χ4n) is 1.69. The van der Waals surface area contributed by atoms with Gasteiger partial charge in [0, 0.05) is 0 Å². The molecule has 0 saturated carbocycles. The summed E-state index contributed by atoms with van der Waals surface area (Å²) in [6.07, 6.45) is 1.87. The third kappa shape index (κ3) is 2.48. The van der Waals surface area contributed by atoms with Crippen LogP contribution in [0, 0.1) is 11.8 Å². The van der Waals surface area contributed by atoms with E-state index in [0.717, 1.165) is 25.9 Å². The van der Waals surface area contributed by atoms with E-state index in [9.17, 15) is 4.79 Å². The van der Waals surface area contributed by atoms with Crippen LogP contribution in [-0.4, -0.2) is 26.2 Å². The van der Waals surface area contributed by atoms with E-state index in [1.165, 1.54) is 7.11 Å². The number of hydrogen-bond acceptors (Lipinski definition) is 3. The molecule has 70 valence electrons. The highest BCUT2D eigenvalue weighted by Crippen LogP contribution is 2.18. The average Bonchev–Trinajstić information content (AvgIpc) is 2.28. The summed E-state index contributed by atoms with van der Waals surface area (Å²) in [5.74, 6) is 0.641. The van der Waals surface area contributed by atoms with Crippen molar-refractivity contribution in [3.8, 4) is 0 Å². The minimum Gasteiger partial charge on any atom is -0.469 e. The minimum atomic E-state index is -0.0504. The maximum atomic E-state index is 11.2. The lowest BCUT2D eigenvalue weighted by Gasteiger charge is -2.13. The number of carbonyl (C=O) groups is 1. The molecule has 1 aliphatic heterocycles. The largest absolute Gasteiger partial charge is 0.469 e. The van der Waals surface area contributed by atoms with Crippen molar-refractivity contribution in [3.05, 3.63) is 0 Å². The second-order valence-corrected chi connectivity index (χ2v) is 3.55. The molecule has 2 unspecified atom stereocenters. The van der Waals surface area contributed by atoms with Crippen LogP contribution in [0.3, 0.4) is 0 Å². The first-order chi connectivity index (χ1) is 5.74. The molecule has 0 amide bonds. The normalized spacial score (nSPS) is 30.8. The van der Waals surface area contributed by atoms with Crippen LogP contribution in [0.1, 0.15) is 19.8 Å². The number of esters is 1. The van der Waals surface area contributed by atoms with E-state index in [2.05, 4.69) is 12.2 Å². The first-order valence-electron chi connectivity index (χ1n) is 4.52. The van der Waals surface area contributed by atoms with Crippen molar-refractivity contribution in [2.24, 2.45) is 11.8 Å². The fraction of sp³-hybridized carbons (Fsp3) is 0.889. The van der Waals surface area contributed by atoms with Crippen LogP contribution in [0.4, 0.5) is 0 Å². The zero-order chi connectivity index (χ0) is 8.97. The van der Waals surface area contributed by atoms with Crippen molar-refractivity contribution in [2.75, 3.05) is 20.2 Å². The van der Waals surface area contributed by atoms with Gasteiger partial charge in [-0.2, -0.15) is 0 Å². The van der Waals surface area contributed by atoms with E-state index >= 15 is 0 Å². The van der Waals surface area contributed by atoms with Gasteiger partial charge >= 0.3 is 5.97 Å². The van der Waals surface area contributed by atoms with Gasteiger partial charge < -0.3 is 10.1 Å². The van der Waals surface area contributed by atoms with Crippen LogP contribution in [-0.2, 0) is 9.53 Å². The Balaban J connectivity index is 2.46. The summed E-state index contributed by atoms with van der Waals surface area (Å²) >= 11 is 0. The lowest BCUT2D eigenvalue weighted by Crippen LogP contribution is -2.18. The predicted molar refractivity (Wildman–Crippen MR) is 46.8 cm³/mol. The van der Waals surface area contributed by atoms with E-state index in [1.54, 1.807) is 0 Å². The molecule has 3 heteroatoms. The third-order valence-electron chi connectivity index (χ3n) is 2.38. The highest BCUT2D eigenvalue weighted by molar-refractivity contribution is 5.72. The molecule has 3 nitrogen and oxygen atoms in total. The molecule has 0 aliphatic carbocycles. The summed E-state index contributed by atoms with van der Waals surface area (Å²) in [4.78, 5) is 11.2. The van der Waals surface area contributed by atoms with Gasteiger partial charge in [-0.1, -0.05) is 6.92 Å². The molecule has 2 atom stereocenters. The van der Waals surface area contributed by atoms with Crippen LogP contribution >= 0.6 is 0 Å². The van der Waals surface area contributed by atoms with E-state index in [4.69, 9.17) is 4.74 Å². The zero-order valence-electron chi connectivity index (χ0n) is 7.80. The van der Waals surface area contributed by atoms with Gasteiger partial charge in [-0.25, -0.2) is 0 Å². The SMILES string of the molecule is COC(=O)C1CCNCC(C)C1. The van der Waals surface area contributed by atoms with E-state index in [0.29, 0.717) is 5.92 Å². The van der Waals surface area contributed by atoms with Crippen molar-refractivity contribution in [1.29, 1.82) is 0 Å². The second-order valence-electron chi connectivity index (χ2n) is 3.55. The third-order valence-corrected chi connectivity index (χ3v) is 2.38. The fourth-order valence-corrected chi connectivity index (χ4v) is 1.69. The molecular weight excluding hydrogens is 154 g/mol. The van der Waals surface area contributed by atoms with Gasteiger partial charge in [-0.3, -0.25) is 4.79 Å². The van der Waals surface area contributed by atoms with E-state index in [1.807, 2.05) is 0 Å². The van der Waals surface area contributed by atoms with Crippen LogP contribution in [0.5, 0.6) is 0 Å². The topological polar surface area (TPSA) is 38.3 Å². The van der Waals surface area contributed by atoms with Crippen LogP contribution < -0.4 is 5.32 Å². The zero-order valence-corrected chi connectivity index (χ0v) is 7.80. The Bertz CT molecular complexity index is 159. The van der Waals surface area contributed by atoms with Gasteiger partial charge in [0.1, 0.15) is 0 Å². The summed E-state index contributed by atoms with van der Waals surface area (Å²) < 4.78 is 4.73. The number of ether oxygens (including phenoxy) is 1. The molecule has 0 bridgehead atoms. The molecule has 1 saturated heterocycles. The van der Waals surface area contributed by atoms with E-state index in [-0.39, 0.29) is 11.9 Å². The highest BCUT2D eigenvalue weighted by Gasteiger charge is 2.23. The lowest BCUT2D eigenvalue weighted by molar-refractivity contribution is -0.146. The first kappa shape index (κ1) is 9.52. The first-order valence-corrected chi connectivity index (χ1v) is 4.52. The molecule has 0 aromatic carbocycles. The molecule has 0 radical (unpaired) electrons. The molecule has 1 fully saturated rings. The molecule has 1 rings (SSSR count). The predicted octanol–water partition coefficient (Wildman–Crippen LogP) is 0.795. The molecular formula is C9H17NO2. The number of hydrogen-bond donors (Lipinski definition) is 1. The van der Waals surface area contributed by atoms with E-state index < -0.39 is 0 Å². The molecule has 1 heterocycles. The number of methoxy groups -OCH3 is 1. The summed E-state index contributed by atoms with van der Waals surface area (Å²) in [6, 6.07) is 0. The van der Waals surface area contributed by atoms with Gasteiger partial charge in [0.15, 0.2) is 0 Å².